The lowest BCUT2D eigenvalue weighted by Gasteiger charge is -2.19. The van der Waals surface area contributed by atoms with Crippen LogP contribution in [0.25, 0.3) is 5.82 Å². The highest BCUT2D eigenvalue weighted by Crippen LogP contribution is 2.05. The molecule has 0 radical (unpaired) electrons. The summed E-state index contributed by atoms with van der Waals surface area (Å²) in [5.41, 5.74) is 1.35. The van der Waals surface area contributed by atoms with E-state index in [0.717, 1.165) is 18.8 Å². The maximum Gasteiger partial charge on any atom is 0.175 e. The zero-order chi connectivity index (χ0) is 13.0. The minimum atomic E-state index is 0.154. The van der Waals surface area contributed by atoms with Crippen LogP contribution in [0, 0.1) is 0 Å². The summed E-state index contributed by atoms with van der Waals surface area (Å²) in [6, 6.07) is 3.74. The monoisotopic (exact) mass is 245 g/mol. The second-order valence-corrected chi connectivity index (χ2v) is 5.30. The Morgan fingerprint density at radius 1 is 1.33 bits per heavy atom. The van der Waals surface area contributed by atoms with E-state index < -0.39 is 0 Å². The van der Waals surface area contributed by atoms with Crippen LogP contribution in [-0.2, 0) is 6.42 Å². The molecular weight excluding hydrogens is 226 g/mol. The number of nitrogens with zero attached hydrogens (tertiary/aromatic N) is 4. The molecule has 0 bridgehead atoms. The maximum absolute atomic E-state index is 4.29. The van der Waals surface area contributed by atoms with Gasteiger partial charge in [-0.2, -0.15) is 10.2 Å². The SMILES string of the molecule is CC(C)(C)NCCc1cnn(-c2cccnn2)c1. The first-order valence-electron chi connectivity index (χ1n) is 6.11. The van der Waals surface area contributed by atoms with Gasteiger partial charge in [-0.25, -0.2) is 4.68 Å². The normalized spacial score (nSPS) is 11.7. The Bertz CT molecular complexity index is 484. The van der Waals surface area contributed by atoms with Crippen molar-refractivity contribution in [1.82, 2.24) is 25.3 Å². The van der Waals surface area contributed by atoms with E-state index in [2.05, 4.69) is 41.4 Å². The predicted molar refractivity (Wildman–Crippen MR) is 70.6 cm³/mol. The highest BCUT2D eigenvalue weighted by molar-refractivity contribution is 5.20. The molecule has 96 valence electrons. The van der Waals surface area contributed by atoms with Crippen LogP contribution in [0.5, 0.6) is 0 Å². The third-order valence-electron chi connectivity index (χ3n) is 2.50. The predicted octanol–water partition coefficient (Wildman–Crippen LogP) is 1.59. The maximum atomic E-state index is 4.29. The third kappa shape index (κ3) is 3.63. The molecule has 5 nitrogen and oxygen atoms in total. The molecule has 2 heterocycles. The molecule has 0 saturated heterocycles. The van der Waals surface area contributed by atoms with Gasteiger partial charge in [0, 0.05) is 17.9 Å². The summed E-state index contributed by atoms with van der Waals surface area (Å²) in [6.45, 7) is 7.43. The Morgan fingerprint density at radius 2 is 2.17 bits per heavy atom. The van der Waals surface area contributed by atoms with Gasteiger partial charge < -0.3 is 5.32 Å². The summed E-state index contributed by atoms with van der Waals surface area (Å²) in [5.74, 6) is 0.743. The molecule has 0 fully saturated rings. The van der Waals surface area contributed by atoms with E-state index >= 15 is 0 Å². The lowest BCUT2D eigenvalue weighted by atomic mass is 10.1. The van der Waals surface area contributed by atoms with Crippen molar-refractivity contribution in [1.29, 1.82) is 0 Å². The van der Waals surface area contributed by atoms with E-state index in [9.17, 15) is 0 Å². The first-order chi connectivity index (χ1) is 8.54. The van der Waals surface area contributed by atoms with Gasteiger partial charge in [0.1, 0.15) is 0 Å². The molecular formula is C13H19N5. The molecule has 0 aromatic carbocycles. The van der Waals surface area contributed by atoms with E-state index in [4.69, 9.17) is 0 Å². The van der Waals surface area contributed by atoms with Gasteiger partial charge in [0.05, 0.1) is 6.20 Å². The fourth-order valence-corrected chi connectivity index (χ4v) is 1.61. The fraction of sp³-hybridized carbons (Fsp3) is 0.462. The molecule has 0 atom stereocenters. The van der Waals surface area contributed by atoms with E-state index in [1.807, 2.05) is 24.5 Å². The minimum absolute atomic E-state index is 0.154. The van der Waals surface area contributed by atoms with E-state index in [-0.39, 0.29) is 5.54 Å². The fourth-order valence-electron chi connectivity index (χ4n) is 1.61. The molecule has 0 spiro atoms. The van der Waals surface area contributed by atoms with E-state index in [1.165, 1.54) is 5.56 Å². The molecule has 2 rings (SSSR count). The van der Waals surface area contributed by atoms with Crippen LogP contribution >= 0.6 is 0 Å². The van der Waals surface area contributed by atoms with Crippen molar-refractivity contribution in [2.45, 2.75) is 32.7 Å². The Kier molecular flexibility index (Phi) is 3.72. The molecule has 0 aliphatic rings. The highest BCUT2D eigenvalue weighted by atomic mass is 15.3. The molecule has 0 unspecified atom stereocenters. The number of rotatable bonds is 4. The second kappa shape index (κ2) is 5.27. The summed E-state index contributed by atoms with van der Waals surface area (Å²) in [5, 5.41) is 15.6. The molecule has 2 aromatic heterocycles. The van der Waals surface area contributed by atoms with E-state index in [1.54, 1.807) is 10.9 Å². The van der Waals surface area contributed by atoms with Crippen molar-refractivity contribution in [3.05, 3.63) is 36.3 Å². The Balaban J connectivity index is 1.95. The van der Waals surface area contributed by atoms with Gasteiger partial charge in [-0.15, -0.1) is 5.10 Å². The minimum Gasteiger partial charge on any atom is -0.312 e. The average Bonchev–Trinajstić information content (AvgIpc) is 2.77. The number of nitrogens with one attached hydrogen (secondary N) is 1. The topological polar surface area (TPSA) is 55.6 Å². The summed E-state index contributed by atoms with van der Waals surface area (Å²) >= 11 is 0. The summed E-state index contributed by atoms with van der Waals surface area (Å²) < 4.78 is 1.75. The smallest absolute Gasteiger partial charge is 0.175 e. The van der Waals surface area contributed by atoms with Gasteiger partial charge >= 0.3 is 0 Å². The zero-order valence-electron chi connectivity index (χ0n) is 11.1. The first kappa shape index (κ1) is 12.7. The Labute approximate surface area is 107 Å². The lowest BCUT2D eigenvalue weighted by Crippen LogP contribution is -2.37. The van der Waals surface area contributed by atoms with Gasteiger partial charge in [0.15, 0.2) is 5.82 Å². The largest absolute Gasteiger partial charge is 0.312 e. The van der Waals surface area contributed by atoms with Crippen LogP contribution in [0.3, 0.4) is 0 Å². The van der Waals surface area contributed by atoms with Gasteiger partial charge in [-0.1, -0.05) is 0 Å². The van der Waals surface area contributed by atoms with Gasteiger partial charge in [-0.05, 0) is 51.4 Å². The molecule has 5 heteroatoms. The van der Waals surface area contributed by atoms with Crippen molar-refractivity contribution in [3.63, 3.8) is 0 Å². The standard InChI is InChI=1S/C13H19N5/c1-13(2,3)14-8-6-11-9-16-18(10-11)12-5-4-7-15-17-12/h4-5,7,9-10,14H,6,8H2,1-3H3. The second-order valence-electron chi connectivity index (χ2n) is 5.30. The zero-order valence-corrected chi connectivity index (χ0v) is 11.1. The van der Waals surface area contributed by atoms with Gasteiger partial charge in [-0.3, -0.25) is 0 Å². The van der Waals surface area contributed by atoms with Crippen LogP contribution < -0.4 is 5.32 Å². The molecule has 18 heavy (non-hydrogen) atoms. The molecule has 1 N–H and O–H groups in total. The molecule has 0 saturated carbocycles. The quantitative estimate of drug-likeness (QED) is 0.888. The van der Waals surface area contributed by atoms with Crippen molar-refractivity contribution >= 4 is 0 Å². The van der Waals surface area contributed by atoms with Crippen molar-refractivity contribution in [3.8, 4) is 5.82 Å². The Morgan fingerprint density at radius 3 is 2.83 bits per heavy atom. The van der Waals surface area contributed by atoms with Crippen LogP contribution in [0.4, 0.5) is 0 Å². The third-order valence-corrected chi connectivity index (χ3v) is 2.50. The molecule has 2 aromatic rings. The summed E-state index contributed by atoms with van der Waals surface area (Å²) in [6.07, 6.45) is 6.48. The first-order valence-corrected chi connectivity index (χ1v) is 6.11. The van der Waals surface area contributed by atoms with Crippen LogP contribution in [0.2, 0.25) is 0 Å². The Hall–Kier alpha value is -1.75. The molecule has 0 amide bonds. The molecule has 0 aliphatic heterocycles. The van der Waals surface area contributed by atoms with Crippen molar-refractivity contribution in [2.75, 3.05) is 6.54 Å². The lowest BCUT2D eigenvalue weighted by molar-refractivity contribution is 0.429. The summed E-state index contributed by atoms with van der Waals surface area (Å²) in [7, 11) is 0. The van der Waals surface area contributed by atoms with Gasteiger partial charge in [0.2, 0.25) is 0 Å². The van der Waals surface area contributed by atoms with Crippen molar-refractivity contribution < 1.29 is 0 Å². The van der Waals surface area contributed by atoms with Crippen LogP contribution in [0.1, 0.15) is 26.3 Å². The highest BCUT2D eigenvalue weighted by Gasteiger charge is 2.08. The van der Waals surface area contributed by atoms with Crippen LogP contribution in [-0.4, -0.2) is 32.1 Å². The van der Waals surface area contributed by atoms with Gasteiger partial charge in [0.25, 0.3) is 0 Å². The van der Waals surface area contributed by atoms with Crippen LogP contribution in [0.15, 0.2) is 30.7 Å². The number of hydrogen-bond donors (Lipinski definition) is 1. The van der Waals surface area contributed by atoms with E-state index in [0.29, 0.717) is 0 Å². The van der Waals surface area contributed by atoms with Crippen molar-refractivity contribution in [2.24, 2.45) is 0 Å². The average molecular weight is 245 g/mol. The number of aromatic nitrogens is 4. The molecule has 0 aliphatic carbocycles. The number of hydrogen-bond acceptors (Lipinski definition) is 4. The summed E-state index contributed by atoms with van der Waals surface area (Å²) in [4.78, 5) is 0.